The van der Waals surface area contributed by atoms with E-state index in [4.69, 9.17) is 0 Å². The molecular formula is C15H29ClN2O. The van der Waals surface area contributed by atoms with E-state index in [1.165, 1.54) is 25.7 Å². The second kappa shape index (κ2) is 6.94. The number of nitrogens with one attached hydrogen (secondary N) is 2. The Morgan fingerprint density at radius 2 is 1.89 bits per heavy atom. The van der Waals surface area contributed by atoms with Gasteiger partial charge in [0.25, 0.3) is 0 Å². The van der Waals surface area contributed by atoms with Gasteiger partial charge in [-0.25, -0.2) is 0 Å². The molecule has 0 spiro atoms. The molecule has 2 aliphatic rings. The average Bonchev–Trinajstić information content (AvgIpc) is 2.24. The molecule has 112 valence electrons. The van der Waals surface area contributed by atoms with Crippen molar-refractivity contribution in [3.05, 3.63) is 0 Å². The maximum absolute atomic E-state index is 12.0. The smallest absolute Gasteiger partial charge is 0.223 e. The minimum Gasteiger partial charge on any atom is -0.356 e. The quantitative estimate of drug-likeness (QED) is 0.835. The standard InChI is InChI=1S/C15H28N2O.ClH/c1-11(13-9-16-10-13)14(18)17-8-12-4-6-15(2,3)7-5-12;/h11-13,16H,4-10H2,1-3H3,(H,17,18);1H. The van der Waals surface area contributed by atoms with Crippen LogP contribution in [0.15, 0.2) is 0 Å². The van der Waals surface area contributed by atoms with Crippen LogP contribution in [0, 0.1) is 23.2 Å². The highest BCUT2D eigenvalue weighted by Crippen LogP contribution is 2.37. The van der Waals surface area contributed by atoms with Crippen molar-refractivity contribution in [2.45, 2.75) is 46.5 Å². The van der Waals surface area contributed by atoms with E-state index in [0.29, 0.717) is 17.3 Å². The molecule has 1 saturated heterocycles. The first-order valence-electron chi connectivity index (χ1n) is 7.46. The second-order valence-corrected chi connectivity index (χ2v) is 7.06. The molecular weight excluding hydrogens is 260 g/mol. The van der Waals surface area contributed by atoms with Gasteiger partial charge in [-0.3, -0.25) is 4.79 Å². The highest BCUT2D eigenvalue weighted by Gasteiger charge is 2.30. The van der Waals surface area contributed by atoms with Gasteiger partial charge >= 0.3 is 0 Å². The van der Waals surface area contributed by atoms with Gasteiger partial charge in [0.05, 0.1) is 0 Å². The Labute approximate surface area is 123 Å². The van der Waals surface area contributed by atoms with Crippen LogP contribution >= 0.6 is 12.4 Å². The van der Waals surface area contributed by atoms with Gasteiger partial charge in [0.1, 0.15) is 0 Å². The molecule has 0 aromatic rings. The molecule has 4 heteroatoms. The summed E-state index contributed by atoms with van der Waals surface area (Å²) >= 11 is 0. The van der Waals surface area contributed by atoms with Crippen molar-refractivity contribution in [2.24, 2.45) is 23.2 Å². The van der Waals surface area contributed by atoms with E-state index in [1.54, 1.807) is 0 Å². The molecule has 2 N–H and O–H groups in total. The van der Waals surface area contributed by atoms with Crippen LogP contribution in [0.25, 0.3) is 0 Å². The van der Waals surface area contributed by atoms with Gasteiger partial charge < -0.3 is 10.6 Å². The second-order valence-electron chi connectivity index (χ2n) is 7.06. The topological polar surface area (TPSA) is 41.1 Å². The molecule has 1 heterocycles. The van der Waals surface area contributed by atoms with E-state index in [0.717, 1.165) is 19.6 Å². The molecule has 0 radical (unpaired) electrons. The molecule has 1 aliphatic heterocycles. The van der Waals surface area contributed by atoms with Crippen LogP contribution in [-0.4, -0.2) is 25.5 Å². The number of carbonyl (C=O) groups is 1. The fourth-order valence-corrected chi connectivity index (χ4v) is 2.95. The van der Waals surface area contributed by atoms with Crippen LogP contribution in [-0.2, 0) is 4.79 Å². The summed E-state index contributed by atoms with van der Waals surface area (Å²) in [6.45, 7) is 9.67. The molecule has 2 fully saturated rings. The molecule has 1 unspecified atom stereocenters. The number of hydrogen-bond donors (Lipinski definition) is 2. The summed E-state index contributed by atoms with van der Waals surface area (Å²) < 4.78 is 0. The van der Waals surface area contributed by atoms with E-state index in [1.807, 2.05) is 0 Å². The van der Waals surface area contributed by atoms with Crippen LogP contribution < -0.4 is 10.6 Å². The number of amides is 1. The lowest BCUT2D eigenvalue weighted by Crippen LogP contribution is -2.50. The predicted octanol–water partition coefficient (Wildman–Crippen LogP) is 2.60. The van der Waals surface area contributed by atoms with E-state index in [9.17, 15) is 4.79 Å². The monoisotopic (exact) mass is 288 g/mol. The zero-order chi connectivity index (χ0) is 13.2. The molecule has 1 aliphatic carbocycles. The van der Waals surface area contributed by atoms with Crippen LogP contribution in [0.3, 0.4) is 0 Å². The highest BCUT2D eigenvalue weighted by molar-refractivity contribution is 5.85. The normalized spacial score (nSPS) is 25.0. The third-order valence-corrected chi connectivity index (χ3v) is 4.96. The Hall–Kier alpha value is -0.280. The van der Waals surface area contributed by atoms with Crippen molar-refractivity contribution >= 4 is 18.3 Å². The first-order chi connectivity index (χ1) is 8.48. The van der Waals surface area contributed by atoms with Crippen molar-refractivity contribution in [2.75, 3.05) is 19.6 Å². The summed E-state index contributed by atoms with van der Waals surface area (Å²) in [7, 11) is 0. The van der Waals surface area contributed by atoms with Gasteiger partial charge in [-0.15, -0.1) is 12.4 Å². The van der Waals surface area contributed by atoms with E-state index < -0.39 is 0 Å². The maximum atomic E-state index is 12.0. The third kappa shape index (κ3) is 4.64. The first kappa shape index (κ1) is 16.8. The average molecular weight is 289 g/mol. The predicted molar refractivity (Wildman–Crippen MR) is 81.5 cm³/mol. The van der Waals surface area contributed by atoms with E-state index in [2.05, 4.69) is 31.4 Å². The van der Waals surface area contributed by atoms with Crippen molar-refractivity contribution in [3.8, 4) is 0 Å². The van der Waals surface area contributed by atoms with Crippen molar-refractivity contribution in [1.29, 1.82) is 0 Å². The van der Waals surface area contributed by atoms with Crippen LogP contribution in [0.5, 0.6) is 0 Å². The summed E-state index contributed by atoms with van der Waals surface area (Å²) in [5.74, 6) is 1.68. The molecule has 3 nitrogen and oxygen atoms in total. The maximum Gasteiger partial charge on any atom is 0.223 e. The number of carbonyl (C=O) groups excluding carboxylic acids is 1. The zero-order valence-electron chi connectivity index (χ0n) is 12.5. The van der Waals surface area contributed by atoms with Crippen molar-refractivity contribution < 1.29 is 4.79 Å². The lowest BCUT2D eigenvalue weighted by atomic mass is 9.73. The molecule has 0 bridgehead atoms. The summed E-state index contributed by atoms with van der Waals surface area (Å²) in [6, 6.07) is 0. The SMILES string of the molecule is CC(C(=O)NCC1CCC(C)(C)CC1)C1CNC1.Cl. The number of hydrogen-bond acceptors (Lipinski definition) is 2. The molecule has 19 heavy (non-hydrogen) atoms. The van der Waals surface area contributed by atoms with Gasteiger partial charge in [-0.05, 0) is 56.0 Å². The van der Waals surface area contributed by atoms with Gasteiger partial charge in [-0.1, -0.05) is 20.8 Å². The van der Waals surface area contributed by atoms with Crippen LogP contribution in [0.4, 0.5) is 0 Å². The molecule has 2 rings (SSSR count). The summed E-state index contributed by atoms with van der Waals surface area (Å²) in [4.78, 5) is 12.0. The Morgan fingerprint density at radius 1 is 1.32 bits per heavy atom. The molecule has 1 saturated carbocycles. The first-order valence-corrected chi connectivity index (χ1v) is 7.46. The molecule has 1 amide bonds. The van der Waals surface area contributed by atoms with Gasteiger partial charge in [-0.2, -0.15) is 0 Å². The number of rotatable bonds is 4. The lowest BCUT2D eigenvalue weighted by Gasteiger charge is -2.35. The third-order valence-electron chi connectivity index (χ3n) is 4.96. The van der Waals surface area contributed by atoms with Gasteiger partial charge in [0.2, 0.25) is 5.91 Å². The fraction of sp³-hybridized carbons (Fsp3) is 0.933. The van der Waals surface area contributed by atoms with Gasteiger partial charge in [0.15, 0.2) is 0 Å². The molecule has 1 atom stereocenters. The number of halogens is 1. The summed E-state index contributed by atoms with van der Waals surface area (Å²) in [5, 5.41) is 6.39. The fourth-order valence-electron chi connectivity index (χ4n) is 2.95. The van der Waals surface area contributed by atoms with Gasteiger partial charge in [0, 0.05) is 12.5 Å². The van der Waals surface area contributed by atoms with Crippen LogP contribution in [0.2, 0.25) is 0 Å². The molecule has 0 aromatic heterocycles. The van der Waals surface area contributed by atoms with Crippen LogP contribution in [0.1, 0.15) is 46.5 Å². The Kier molecular flexibility index (Phi) is 6.13. The van der Waals surface area contributed by atoms with Crippen molar-refractivity contribution in [3.63, 3.8) is 0 Å². The largest absolute Gasteiger partial charge is 0.356 e. The molecule has 0 aromatic carbocycles. The highest BCUT2D eigenvalue weighted by atomic mass is 35.5. The van der Waals surface area contributed by atoms with E-state index >= 15 is 0 Å². The minimum atomic E-state index is 0. The van der Waals surface area contributed by atoms with Crippen molar-refractivity contribution in [1.82, 2.24) is 10.6 Å². The lowest BCUT2D eigenvalue weighted by molar-refractivity contribution is -0.126. The summed E-state index contributed by atoms with van der Waals surface area (Å²) in [6.07, 6.45) is 5.14. The Morgan fingerprint density at radius 3 is 2.37 bits per heavy atom. The Balaban J connectivity index is 0.00000180. The Bertz CT molecular complexity index is 293. The minimum absolute atomic E-state index is 0. The zero-order valence-corrected chi connectivity index (χ0v) is 13.3. The van der Waals surface area contributed by atoms with E-state index in [-0.39, 0.29) is 24.2 Å². The summed E-state index contributed by atoms with van der Waals surface area (Å²) in [5.41, 5.74) is 0.519.